The van der Waals surface area contributed by atoms with Gasteiger partial charge in [0.25, 0.3) is 5.22 Å². The Kier molecular flexibility index (Phi) is 7.47. The molecule has 0 saturated carbocycles. The van der Waals surface area contributed by atoms with Crippen LogP contribution < -0.4 is 20.1 Å². The molecule has 9 nitrogen and oxygen atoms in total. The first-order valence-electron chi connectivity index (χ1n) is 8.17. The maximum absolute atomic E-state index is 11.8. The lowest BCUT2D eigenvalue weighted by atomic mass is 10.2. The van der Waals surface area contributed by atoms with Gasteiger partial charge in [0, 0.05) is 17.7 Å². The molecule has 0 fully saturated rings. The monoisotopic (exact) mass is 394 g/mol. The summed E-state index contributed by atoms with van der Waals surface area (Å²) in [5, 5.41) is 13.4. The fraction of sp³-hybridized carbons (Fsp3) is 0.412. The van der Waals surface area contributed by atoms with E-state index in [2.05, 4.69) is 20.8 Å². The van der Waals surface area contributed by atoms with E-state index in [-0.39, 0.29) is 41.3 Å². The second-order valence-electron chi connectivity index (χ2n) is 5.76. The molecule has 27 heavy (non-hydrogen) atoms. The van der Waals surface area contributed by atoms with Gasteiger partial charge in [0.2, 0.25) is 17.7 Å². The summed E-state index contributed by atoms with van der Waals surface area (Å²) < 4.78 is 16.0. The van der Waals surface area contributed by atoms with Crippen LogP contribution >= 0.6 is 11.8 Å². The summed E-state index contributed by atoms with van der Waals surface area (Å²) in [7, 11) is 3.10. The van der Waals surface area contributed by atoms with E-state index in [4.69, 9.17) is 13.9 Å². The van der Waals surface area contributed by atoms with Crippen molar-refractivity contribution in [3.8, 4) is 23.0 Å². The fourth-order valence-corrected chi connectivity index (χ4v) is 2.64. The number of benzene rings is 1. The quantitative estimate of drug-likeness (QED) is 0.615. The standard InChI is InChI=1S/C17H22N4O5S/c1-10(2)19-14(22)8-18-15(23)9-27-17-21-20-16(26-17)11-5-12(24-3)7-13(6-11)25-4/h5-7,10H,8-9H2,1-4H3,(H,18,23)(H,19,22). The maximum atomic E-state index is 11.8. The summed E-state index contributed by atoms with van der Waals surface area (Å²) in [6.07, 6.45) is 0. The van der Waals surface area contributed by atoms with Crippen molar-refractivity contribution in [3.63, 3.8) is 0 Å². The number of hydrogen-bond acceptors (Lipinski definition) is 8. The molecule has 0 atom stereocenters. The molecule has 0 unspecified atom stereocenters. The van der Waals surface area contributed by atoms with Gasteiger partial charge >= 0.3 is 0 Å². The number of carbonyl (C=O) groups excluding carboxylic acids is 2. The van der Waals surface area contributed by atoms with E-state index in [0.717, 1.165) is 11.8 Å². The third kappa shape index (κ3) is 6.48. The first-order chi connectivity index (χ1) is 12.9. The Morgan fingerprint density at radius 1 is 1.11 bits per heavy atom. The molecule has 2 aromatic rings. The Labute approximate surface area is 161 Å². The highest BCUT2D eigenvalue weighted by Crippen LogP contribution is 2.30. The van der Waals surface area contributed by atoms with E-state index in [9.17, 15) is 9.59 Å². The number of carbonyl (C=O) groups is 2. The van der Waals surface area contributed by atoms with Crippen molar-refractivity contribution in [1.82, 2.24) is 20.8 Å². The van der Waals surface area contributed by atoms with Gasteiger partial charge < -0.3 is 24.5 Å². The molecule has 0 spiro atoms. The van der Waals surface area contributed by atoms with Gasteiger partial charge in [-0.15, -0.1) is 10.2 Å². The van der Waals surface area contributed by atoms with Gasteiger partial charge in [-0.25, -0.2) is 0 Å². The molecule has 0 aliphatic rings. The highest BCUT2D eigenvalue weighted by Gasteiger charge is 2.14. The van der Waals surface area contributed by atoms with Crippen LogP contribution in [0.25, 0.3) is 11.5 Å². The largest absolute Gasteiger partial charge is 0.497 e. The lowest BCUT2D eigenvalue weighted by Gasteiger charge is -2.08. The van der Waals surface area contributed by atoms with Crippen LogP contribution in [0.2, 0.25) is 0 Å². The van der Waals surface area contributed by atoms with E-state index >= 15 is 0 Å². The van der Waals surface area contributed by atoms with Gasteiger partial charge in [0.15, 0.2) is 0 Å². The Morgan fingerprint density at radius 3 is 2.37 bits per heavy atom. The molecule has 0 radical (unpaired) electrons. The molecule has 10 heteroatoms. The Hall–Kier alpha value is -2.75. The highest BCUT2D eigenvalue weighted by atomic mass is 32.2. The average molecular weight is 394 g/mol. The number of nitrogens with one attached hydrogen (secondary N) is 2. The summed E-state index contributed by atoms with van der Waals surface area (Å²) in [6, 6.07) is 5.24. The molecule has 0 saturated heterocycles. The van der Waals surface area contributed by atoms with Crippen molar-refractivity contribution >= 4 is 23.6 Å². The van der Waals surface area contributed by atoms with E-state index in [1.165, 1.54) is 0 Å². The highest BCUT2D eigenvalue weighted by molar-refractivity contribution is 7.99. The topological polar surface area (TPSA) is 116 Å². The van der Waals surface area contributed by atoms with Crippen molar-refractivity contribution in [2.75, 3.05) is 26.5 Å². The number of amides is 2. The van der Waals surface area contributed by atoms with Gasteiger partial charge in [-0.05, 0) is 26.0 Å². The molecular formula is C17H22N4O5S. The van der Waals surface area contributed by atoms with Crippen molar-refractivity contribution in [2.24, 2.45) is 0 Å². The first-order valence-corrected chi connectivity index (χ1v) is 9.15. The maximum Gasteiger partial charge on any atom is 0.277 e. The molecule has 2 N–H and O–H groups in total. The molecule has 0 aliphatic heterocycles. The second-order valence-corrected chi connectivity index (χ2v) is 6.69. The summed E-state index contributed by atoms with van der Waals surface area (Å²) in [4.78, 5) is 23.3. The predicted molar refractivity (Wildman–Crippen MR) is 99.9 cm³/mol. The molecule has 0 aliphatic carbocycles. The van der Waals surface area contributed by atoms with E-state index in [0.29, 0.717) is 17.1 Å². The molecule has 2 rings (SSSR count). The van der Waals surface area contributed by atoms with Crippen LogP contribution in [-0.4, -0.2) is 54.6 Å². The van der Waals surface area contributed by atoms with Crippen LogP contribution in [0.3, 0.4) is 0 Å². The van der Waals surface area contributed by atoms with Crippen molar-refractivity contribution in [1.29, 1.82) is 0 Å². The molecule has 1 heterocycles. The number of rotatable bonds is 9. The minimum Gasteiger partial charge on any atom is -0.497 e. The smallest absolute Gasteiger partial charge is 0.277 e. The first kappa shape index (κ1) is 20.6. The van der Waals surface area contributed by atoms with Gasteiger partial charge in [0.1, 0.15) is 11.5 Å². The molecule has 1 aromatic heterocycles. The fourth-order valence-electron chi connectivity index (χ4n) is 2.05. The summed E-state index contributed by atoms with van der Waals surface area (Å²) in [5.74, 6) is 0.980. The molecular weight excluding hydrogens is 372 g/mol. The summed E-state index contributed by atoms with van der Waals surface area (Å²) in [6.45, 7) is 3.62. The average Bonchev–Trinajstić information content (AvgIpc) is 3.12. The Morgan fingerprint density at radius 2 is 1.78 bits per heavy atom. The number of methoxy groups -OCH3 is 2. The number of aromatic nitrogens is 2. The van der Waals surface area contributed by atoms with Crippen molar-refractivity contribution < 1.29 is 23.5 Å². The van der Waals surface area contributed by atoms with Crippen molar-refractivity contribution in [2.45, 2.75) is 25.1 Å². The van der Waals surface area contributed by atoms with Gasteiger partial charge in [0.05, 0.1) is 26.5 Å². The minimum atomic E-state index is -0.304. The number of nitrogens with zero attached hydrogens (tertiary/aromatic N) is 2. The van der Waals surface area contributed by atoms with Crippen LogP contribution in [0.15, 0.2) is 27.8 Å². The summed E-state index contributed by atoms with van der Waals surface area (Å²) in [5.41, 5.74) is 0.639. The Bertz CT molecular complexity index is 771. The Balaban J connectivity index is 1.91. The zero-order chi connectivity index (χ0) is 19.8. The SMILES string of the molecule is COc1cc(OC)cc(-c2nnc(SCC(=O)NCC(=O)NC(C)C)o2)c1. The zero-order valence-electron chi connectivity index (χ0n) is 15.6. The molecule has 2 amide bonds. The van der Waals surface area contributed by atoms with Gasteiger partial charge in [-0.3, -0.25) is 9.59 Å². The number of thioether (sulfide) groups is 1. The van der Waals surface area contributed by atoms with Crippen LogP contribution in [0.4, 0.5) is 0 Å². The van der Waals surface area contributed by atoms with E-state index < -0.39 is 0 Å². The van der Waals surface area contributed by atoms with E-state index in [1.54, 1.807) is 32.4 Å². The number of hydrogen-bond donors (Lipinski definition) is 2. The molecule has 1 aromatic carbocycles. The minimum absolute atomic E-state index is 0.0239. The summed E-state index contributed by atoms with van der Waals surface area (Å²) >= 11 is 1.08. The third-order valence-corrected chi connectivity index (χ3v) is 4.05. The van der Waals surface area contributed by atoms with Crippen LogP contribution in [0.5, 0.6) is 11.5 Å². The van der Waals surface area contributed by atoms with Crippen LogP contribution in [-0.2, 0) is 9.59 Å². The lowest BCUT2D eigenvalue weighted by Crippen LogP contribution is -2.40. The van der Waals surface area contributed by atoms with Gasteiger partial charge in [-0.2, -0.15) is 0 Å². The lowest BCUT2D eigenvalue weighted by molar-refractivity contribution is -0.125. The van der Waals surface area contributed by atoms with Crippen LogP contribution in [0, 0.1) is 0 Å². The predicted octanol–water partition coefficient (Wildman–Crippen LogP) is 1.49. The number of ether oxygens (including phenoxy) is 2. The third-order valence-electron chi connectivity index (χ3n) is 3.23. The van der Waals surface area contributed by atoms with Crippen LogP contribution in [0.1, 0.15) is 13.8 Å². The zero-order valence-corrected chi connectivity index (χ0v) is 16.4. The van der Waals surface area contributed by atoms with Gasteiger partial charge in [-0.1, -0.05) is 11.8 Å². The normalized spacial score (nSPS) is 10.6. The van der Waals surface area contributed by atoms with E-state index in [1.807, 2.05) is 13.8 Å². The van der Waals surface area contributed by atoms with Crippen molar-refractivity contribution in [3.05, 3.63) is 18.2 Å². The molecule has 146 valence electrons. The molecule has 0 bridgehead atoms. The second kappa shape index (κ2) is 9.81.